The van der Waals surface area contributed by atoms with Crippen molar-refractivity contribution in [1.82, 2.24) is 0 Å². The molecule has 1 aromatic carbocycles. The number of benzene rings is 1. The van der Waals surface area contributed by atoms with E-state index in [2.05, 4.69) is 57.8 Å². The zero-order valence-electron chi connectivity index (χ0n) is 14.4. The van der Waals surface area contributed by atoms with Gasteiger partial charge in [0.1, 0.15) is 0 Å². The molecule has 1 saturated carbocycles. The Morgan fingerprint density at radius 1 is 1.24 bits per heavy atom. The van der Waals surface area contributed by atoms with Crippen LogP contribution in [0.4, 0.5) is 5.69 Å². The van der Waals surface area contributed by atoms with E-state index >= 15 is 0 Å². The summed E-state index contributed by atoms with van der Waals surface area (Å²) in [6.07, 6.45) is 5.11. The Morgan fingerprint density at radius 3 is 2.38 bits per heavy atom. The van der Waals surface area contributed by atoms with E-state index in [1.165, 1.54) is 42.5 Å². The summed E-state index contributed by atoms with van der Waals surface area (Å²) in [7, 11) is 2.24. The van der Waals surface area contributed by atoms with Crippen LogP contribution in [-0.2, 0) is 0 Å². The minimum absolute atomic E-state index is 0.132. The first-order chi connectivity index (χ1) is 9.88. The van der Waals surface area contributed by atoms with Gasteiger partial charge in [-0.3, -0.25) is 0 Å². The second-order valence-corrected chi connectivity index (χ2v) is 7.43. The van der Waals surface area contributed by atoms with Crippen LogP contribution in [0.25, 0.3) is 0 Å². The fourth-order valence-electron chi connectivity index (χ4n) is 4.00. The van der Waals surface area contributed by atoms with E-state index in [4.69, 9.17) is 5.73 Å². The molecule has 2 atom stereocenters. The topological polar surface area (TPSA) is 29.3 Å². The van der Waals surface area contributed by atoms with Crippen molar-refractivity contribution < 1.29 is 0 Å². The predicted octanol–water partition coefficient (Wildman–Crippen LogP) is 4.28. The summed E-state index contributed by atoms with van der Waals surface area (Å²) >= 11 is 0. The summed E-state index contributed by atoms with van der Waals surface area (Å²) in [6.45, 7) is 9.82. The van der Waals surface area contributed by atoms with E-state index in [-0.39, 0.29) is 5.54 Å². The van der Waals surface area contributed by atoms with Gasteiger partial charge in [0.25, 0.3) is 0 Å². The van der Waals surface area contributed by atoms with Crippen molar-refractivity contribution >= 4 is 5.69 Å². The van der Waals surface area contributed by atoms with Crippen molar-refractivity contribution in [3.63, 3.8) is 0 Å². The quantitative estimate of drug-likeness (QED) is 0.896. The monoisotopic (exact) mass is 288 g/mol. The molecule has 1 fully saturated rings. The molecule has 2 heteroatoms. The van der Waals surface area contributed by atoms with Crippen molar-refractivity contribution in [2.75, 3.05) is 18.5 Å². The summed E-state index contributed by atoms with van der Waals surface area (Å²) < 4.78 is 0. The van der Waals surface area contributed by atoms with Crippen molar-refractivity contribution in [2.24, 2.45) is 17.6 Å². The lowest BCUT2D eigenvalue weighted by molar-refractivity contribution is 0.183. The second kappa shape index (κ2) is 6.39. The number of nitrogens with zero attached hydrogens (tertiary/aromatic N) is 1. The summed E-state index contributed by atoms with van der Waals surface area (Å²) in [5.41, 5.74) is 10.4. The number of hydrogen-bond acceptors (Lipinski definition) is 2. The maximum atomic E-state index is 6.27. The average molecular weight is 288 g/mol. The molecule has 0 saturated heterocycles. The number of hydrogen-bond donors (Lipinski definition) is 1. The van der Waals surface area contributed by atoms with E-state index in [0.717, 1.165) is 18.4 Å². The molecule has 0 amide bonds. The molecule has 1 aliphatic rings. The first kappa shape index (κ1) is 16.4. The minimum atomic E-state index is 0.132. The van der Waals surface area contributed by atoms with Crippen LogP contribution in [0.5, 0.6) is 0 Å². The third-order valence-electron chi connectivity index (χ3n) is 5.49. The van der Waals surface area contributed by atoms with Gasteiger partial charge in [0, 0.05) is 19.3 Å². The molecular weight excluding hydrogens is 256 g/mol. The molecule has 0 spiro atoms. The Bertz CT molecular complexity index is 460. The first-order valence-electron chi connectivity index (χ1n) is 8.40. The van der Waals surface area contributed by atoms with Gasteiger partial charge in [-0.05, 0) is 61.8 Å². The highest BCUT2D eigenvalue weighted by atomic mass is 15.2. The van der Waals surface area contributed by atoms with Crippen LogP contribution in [-0.4, -0.2) is 19.1 Å². The standard InChI is InChI=1S/C19H32N2/c1-14(2)17-7-6-8-19(12-17,13-20)21(5)18-10-15(3)9-16(4)11-18/h9-11,14,17H,6-8,12-13,20H2,1-5H3. The molecule has 0 aliphatic heterocycles. The molecule has 118 valence electrons. The van der Waals surface area contributed by atoms with Crippen LogP contribution in [0, 0.1) is 25.7 Å². The Kier molecular flexibility index (Phi) is 4.98. The molecule has 2 unspecified atom stereocenters. The van der Waals surface area contributed by atoms with Crippen LogP contribution < -0.4 is 10.6 Å². The van der Waals surface area contributed by atoms with Gasteiger partial charge in [-0.2, -0.15) is 0 Å². The van der Waals surface area contributed by atoms with Crippen molar-refractivity contribution in [3.8, 4) is 0 Å². The molecule has 2 rings (SSSR count). The Labute approximate surface area is 130 Å². The molecule has 0 aromatic heterocycles. The first-order valence-corrected chi connectivity index (χ1v) is 8.40. The molecule has 2 nitrogen and oxygen atoms in total. The predicted molar refractivity (Wildman–Crippen MR) is 92.9 cm³/mol. The number of likely N-dealkylation sites (N-methyl/N-ethyl adjacent to an activating group) is 1. The maximum absolute atomic E-state index is 6.27. The van der Waals surface area contributed by atoms with E-state index in [1.54, 1.807) is 0 Å². The van der Waals surface area contributed by atoms with E-state index in [0.29, 0.717) is 0 Å². The third-order valence-corrected chi connectivity index (χ3v) is 5.49. The van der Waals surface area contributed by atoms with Crippen molar-refractivity contribution in [1.29, 1.82) is 0 Å². The lowest BCUT2D eigenvalue weighted by Crippen LogP contribution is -2.55. The highest BCUT2D eigenvalue weighted by Gasteiger charge is 2.39. The third kappa shape index (κ3) is 3.42. The van der Waals surface area contributed by atoms with E-state index < -0.39 is 0 Å². The molecule has 0 radical (unpaired) electrons. The highest BCUT2D eigenvalue weighted by Crippen LogP contribution is 2.41. The summed E-state index contributed by atoms with van der Waals surface area (Å²) in [5, 5.41) is 0. The lowest BCUT2D eigenvalue weighted by atomic mass is 9.71. The van der Waals surface area contributed by atoms with Gasteiger partial charge < -0.3 is 10.6 Å². The van der Waals surface area contributed by atoms with E-state index in [1.807, 2.05) is 0 Å². The number of rotatable bonds is 4. The SMILES string of the molecule is Cc1cc(C)cc(N(C)C2(CN)CCCC(C(C)C)C2)c1. The smallest absolute Gasteiger partial charge is 0.0523 e. The van der Waals surface area contributed by atoms with Crippen LogP contribution in [0.15, 0.2) is 18.2 Å². The van der Waals surface area contributed by atoms with Gasteiger partial charge in [0.2, 0.25) is 0 Å². The Morgan fingerprint density at radius 2 is 1.86 bits per heavy atom. The molecule has 21 heavy (non-hydrogen) atoms. The lowest BCUT2D eigenvalue weighted by Gasteiger charge is -2.49. The maximum Gasteiger partial charge on any atom is 0.0523 e. The van der Waals surface area contributed by atoms with Crippen LogP contribution >= 0.6 is 0 Å². The number of nitrogens with two attached hydrogens (primary N) is 1. The van der Waals surface area contributed by atoms with Crippen molar-refractivity contribution in [3.05, 3.63) is 29.3 Å². The van der Waals surface area contributed by atoms with Crippen LogP contribution in [0.3, 0.4) is 0 Å². The van der Waals surface area contributed by atoms with Gasteiger partial charge in [-0.1, -0.05) is 32.8 Å². The second-order valence-electron chi connectivity index (χ2n) is 7.43. The Hall–Kier alpha value is -1.02. The fraction of sp³-hybridized carbons (Fsp3) is 0.684. The summed E-state index contributed by atoms with van der Waals surface area (Å²) in [5.74, 6) is 1.56. The van der Waals surface area contributed by atoms with Gasteiger partial charge in [-0.15, -0.1) is 0 Å². The molecule has 0 bridgehead atoms. The van der Waals surface area contributed by atoms with Crippen LogP contribution in [0.1, 0.15) is 50.7 Å². The van der Waals surface area contributed by atoms with Gasteiger partial charge >= 0.3 is 0 Å². The Balaban J connectivity index is 2.30. The van der Waals surface area contributed by atoms with Gasteiger partial charge in [0.15, 0.2) is 0 Å². The number of aryl methyl sites for hydroxylation is 2. The summed E-state index contributed by atoms with van der Waals surface area (Å²) in [4.78, 5) is 2.47. The summed E-state index contributed by atoms with van der Waals surface area (Å²) in [6, 6.07) is 6.83. The minimum Gasteiger partial charge on any atom is -0.368 e. The molecular formula is C19H32N2. The molecule has 2 N–H and O–H groups in total. The molecule has 0 heterocycles. The zero-order valence-corrected chi connectivity index (χ0v) is 14.4. The van der Waals surface area contributed by atoms with Gasteiger partial charge in [0.05, 0.1) is 5.54 Å². The molecule has 1 aliphatic carbocycles. The number of anilines is 1. The van der Waals surface area contributed by atoms with Crippen LogP contribution in [0.2, 0.25) is 0 Å². The largest absolute Gasteiger partial charge is 0.368 e. The van der Waals surface area contributed by atoms with E-state index in [9.17, 15) is 0 Å². The van der Waals surface area contributed by atoms with Gasteiger partial charge in [-0.25, -0.2) is 0 Å². The fourth-order valence-corrected chi connectivity index (χ4v) is 4.00. The zero-order chi connectivity index (χ0) is 15.6. The normalized spacial score (nSPS) is 26.1. The average Bonchev–Trinajstić information content (AvgIpc) is 2.45. The molecule has 1 aromatic rings. The highest BCUT2D eigenvalue weighted by molar-refractivity contribution is 5.52. The van der Waals surface area contributed by atoms with Crippen molar-refractivity contribution in [2.45, 2.75) is 58.9 Å².